The van der Waals surface area contributed by atoms with Gasteiger partial charge in [-0.05, 0) is 25.0 Å². The molecule has 1 N–H and O–H groups in total. The zero-order valence-electron chi connectivity index (χ0n) is 17.3. The molecule has 29 heavy (non-hydrogen) atoms. The fourth-order valence-electron chi connectivity index (χ4n) is 4.02. The summed E-state index contributed by atoms with van der Waals surface area (Å²) in [6, 6.07) is 7.14. The molecule has 0 aliphatic carbocycles. The highest BCUT2D eigenvalue weighted by Crippen LogP contribution is 2.24. The molecular weight excluding hydrogens is 374 g/mol. The van der Waals surface area contributed by atoms with Crippen molar-refractivity contribution in [3.05, 3.63) is 24.3 Å². The van der Waals surface area contributed by atoms with Crippen molar-refractivity contribution in [3.63, 3.8) is 0 Å². The molecule has 8 nitrogen and oxygen atoms in total. The molecule has 1 aromatic carbocycles. The van der Waals surface area contributed by atoms with Gasteiger partial charge >= 0.3 is 0 Å². The molecule has 160 valence electrons. The lowest BCUT2D eigenvalue weighted by Gasteiger charge is -2.43. The molecule has 0 saturated carbocycles. The molecule has 1 atom stereocenters. The molecule has 2 fully saturated rings. The van der Waals surface area contributed by atoms with E-state index < -0.39 is 5.60 Å². The van der Waals surface area contributed by atoms with Gasteiger partial charge in [-0.25, -0.2) is 0 Å². The minimum Gasteiger partial charge on any atom is -0.497 e. The maximum atomic E-state index is 12.6. The SMILES string of the molecule is COc1cccc(OCC(=O)N2CCCC(O)(CN3CCN(C(C)=O)CC3)C2)c1. The number of β-amino-alcohol motifs (C(OH)–C–C–N with tert-alkyl or cyclic N) is 1. The van der Waals surface area contributed by atoms with Gasteiger partial charge in [0.25, 0.3) is 5.91 Å². The quantitative estimate of drug-likeness (QED) is 0.746. The Kier molecular flexibility index (Phi) is 6.97. The largest absolute Gasteiger partial charge is 0.497 e. The summed E-state index contributed by atoms with van der Waals surface area (Å²) in [7, 11) is 1.58. The van der Waals surface area contributed by atoms with Gasteiger partial charge in [0.15, 0.2) is 6.61 Å². The number of likely N-dealkylation sites (tertiary alicyclic amines) is 1. The summed E-state index contributed by atoms with van der Waals surface area (Å²) in [6.45, 7) is 5.82. The number of methoxy groups -OCH3 is 1. The minimum atomic E-state index is -0.928. The van der Waals surface area contributed by atoms with Crippen LogP contribution in [0.3, 0.4) is 0 Å². The summed E-state index contributed by atoms with van der Waals surface area (Å²) < 4.78 is 10.8. The maximum absolute atomic E-state index is 12.6. The van der Waals surface area contributed by atoms with Crippen molar-refractivity contribution >= 4 is 11.8 Å². The van der Waals surface area contributed by atoms with Gasteiger partial charge in [-0.3, -0.25) is 14.5 Å². The summed E-state index contributed by atoms with van der Waals surface area (Å²) >= 11 is 0. The number of hydrogen-bond donors (Lipinski definition) is 1. The van der Waals surface area contributed by atoms with E-state index in [0.717, 1.165) is 19.5 Å². The third-order valence-corrected chi connectivity index (χ3v) is 5.65. The number of nitrogens with zero attached hydrogens (tertiary/aromatic N) is 3. The number of benzene rings is 1. The number of carbonyl (C=O) groups excluding carboxylic acids is 2. The summed E-state index contributed by atoms with van der Waals surface area (Å²) in [4.78, 5) is 29.8. The lowest BCUT2D eigenvalue weighted by Crippen LogP contribution is -2.59. The number of rotatable bonds is 6. The van der Waals surface area contributed by atoms with Crippen LogP contribution in [0.1, 0.15) is 19.8 Å². The first-order valence-electron chi connectivity index (χ1n) is 10.1. The van der Waals surface area contributed by atoms with Crippen molar-refractivity contribution in [1.82, 2.24) is 14.7 Å². The van der Waals surface area contributed by atoms with Crippen molar-refractivity contribution in [2.75, 3.05) is 59.5 Å². The van der Waals surface area contributed by atoms with Crippen LogP contribution in [0, 0.1) is 0 Å². The van der Waals surface area contributed by atoms with Crippen LogP contribution < -0.4 is 9.47 Å². The minimum absolute atomic E-state index is 0.0689. The molecule has 2 aliphatic rings. The highest BCUT2D eigenvalue weighted by atomic mass is 16.5. The summed E-state index contributed by atoms with van der Waals surface area (Å²) in [6.07, 6.45) is 1.43. The van der Waals surface area contributed by atoms with E-state index in [0.29, 0.717) is 50.6 Å². The molecular formula is C21H31N3O5. The monoisotopic (exact) mass is 405 g/mol. The van der Waals surface area contributed by atoms with Gasteiger partial charge in [-0.1, -0.05) is 6.07 Å². The van der Waals surface area contributed by atoms with E-state index in [9.17, 15) is 14.7 Å². The highest BCUT2D eigenvalue weighted by molar-refractivity contribution is 5.78. The van der Waals surface area contributed by atoms with E-state index in [2.05, 4.69) is 4.90 Å². The third-order valence-electron chi connectivity index (χ3n) is 5.65. The van der Waals surface area contributed by atoms with Gasteiger partial charge in [-0.15, -0.1) is 0 Å². The van der Waals surface area contributed by atoms with Crippen LogP contribution in [0.2, 0.25) is 0 Å². The average Bonchev–Trinajstić information content (AvgIpc) is 2.72. The van der Waals surface area contributed by atoms with Gasteiger partial charge < -0.3 is 24.4 Å². The summed E-state index contributed by atoms with van der Waals surface area (Å²) in [5, 5.41) is 11.1. The second-order valence-electron chi connectivity index (χ2n) is 7.89. The fraction of sp³-hybridized carbons (Fsp3) is 0.619. The average molecular weight is 405 g/mol. The van der Waals surface area contributed by atoms with Gasteiger partial charge in [0.05, 0.1) is 19.3 Å². The summed E-state index contributed by atoms with van der Waals surface area (Å²) in [5.74, 6) is 1.21. The number of aliphatic hydroxyl groups is 1. The normalized spacial score (nSPS) is 23.0. The lowest BCUT2D eigenvalue weighted by atomic mass is 9.92. The maximum Gasteiger partial charge on any atom is 0.260 e. The van der Waals surface area contributed by atoms with Gasteiger partial charge in [-0.2, -0.15) is 0 Å². The Morgan fingerprint density at radius 2 is 1.83 bits per heavy atom. The second-order valence-corrected chi connectivity index (χ2v) is 7.89. The van der Waals surface area contributed by atoms with Crippen molar-refractivity contribution in [3.8, 4) is 11.5 Å². The molecule has 2 heterocycles. The van der Waals surface area contributed by atoms with Crippen molar-refractivity contribution in [2.45, 2.75) is 25.4 Å². The Labute approximate surface area is 172 Å². The molecule has 1 unspecified atom stereocenters. The molecule has 2 amide bonds. The third kappa shape index (κ3) is 5.83. The molecule has 8 heteroatoms. The van der Waals surface area contributed by atoms with Crippen LogP contribution in [0.15, 0.2) is 24.3 Å². The second kappa shape index (κ2) is 9.45. The number of piperidine rings is 1. The number of ether oxygens (including phenoxy) is 2. The zero-order valence-corrected chi connectivity index (χ0v) is 17.3. The van der Waals surface area contributed by atoms with Crippen LogP contribution in [0.25, 0.3) is 0 Å². The van der Waals surface area contributed by atoms with E-state index >= 15 is 0 Å². The first kappa shape index (κ1) is 21.4. The van der Waals surface area contributed by atoms with Crippen LogP contribution in [-0.4, -0.2) is 96.8 Å². The van der Waals surface area contributed by atoms with Crippen molar-refractivity contribution < 1.29 is 24.2 Å². The molecule has 1 aromatic rings. The number of amides is 2. The van der Waals surface area contributed by atoms with Crippen LogP contribution in [-0.2, 0) is 9.59 Å². The Morgan fingerprint density at radius 1 is 1.10 bits per heavy atom. The number of piperazine rings is 1. The molecule has 2 aliphatic heterocycles. The highest BCUT2D eigenvalue weighted by Gasteiger charge is 2.37. The van der Waals surface area contributed by atoms with E-state index in [1.54, 1.807) is 31.1 Å². The van der Waals surface area contributed by atoms with Gasteiger partial charge in [0.1, 0.15) is 11.5 Å². The first-order chi connectivity index (χ1) is 13.9. The molecule has 0 radical (unpaired) electrons. The number of hydrogen-bond acceptors (Lipinski definition) is 6. The number of carbonyl (C=O) groups is 2. The standard InChI is InChI=1S/C21H31N3O5/c1-17(25)23-11-9-22(10-12-23)15-21(27)7-4-8-24(16-21)20(26)14-29-19-6-3-5-18(13-19)28-2/h3,5-6,13,27H,4,7-12,14-16H2,1-2H3. The van der Waals surface area contributed by atoms with Crippen LogP contribution in [0.4, 0.5) is 0 Å². The van der Waals surface area contributed by atoms with Crippen LogP contribution >= 0.6 is 0 Å². The fourth-order valence-corrected chi connectivity index (χ4v) is 4.02. The predicted molar refractivity (Wildman–Crippen MR) is 108 cm³/mol. The zero-order chi connectivity index (χ0) is 20.9. The van der Waals surface area contributed by atoms with E-state index in [1.165, 1.54) is 0 Å². The van der Waals surface area contributed by atoms with E-state index in [4.69, 9.17) is 9.47 Å². The van der Waals surface area contributed by atoms with Crippen molar-refractivity contribution in [2.24, 2.45) is 0 Å². The summed E-state index contributed by atoms with van der Waals surface area (Å²) in [5.41, 5.74) is -0.928. The molecule has 0 spiro atoms. The Morgan fingerprint density at radius 3 is 2.52 bits per heavy atom. The van der Waals surface area contributed by atoms with Crippen molar-refractivity contribution in [1.29, 1.82) is 0 Å². The molecule has 0 aromatic heterocycles. The Balaban J connectivity index is 1.49. The Bertz CT molecular complexity index is 720. The van der Waals surface area contributed by atoms with Gasteiger partial charge in [0.2, 0.25) is 5.91 Å². The Hall–Kier alpha value is -2.32. The van der Waals surface area contributed by atoms with E-state index in [1.807, 2.05) is 17.0 Å². The van der Waals surface area contributed by atoms with E-state index in [-0.39, 0.29) is 18.4 Å². The first-order valence-corrected chi connectivity index (χ1v) is 10.1. The molecule has 0 bridgehead atoms. The molecule has 3 rings (SSSR count). The topological polar surface area (TPSA) is 82.6 Å². The predicted octanol–water partition coefficient (Wildman–Crippen LogP) is 0.592. The van der Waals surface area contributed by atoms with Gasteiger partial charge in [0, 0.05) is 52.3 Å². The smallest absolute Gasteiger partial charge is 0.260 e. The molecule has 2 saturated heterocycles. The van der Waals surface area contributed by atoms with Crippen LogP contribution in [0.5, 0.6) is 11.5 Å². The lowest BCUT2D eigenvalue weighted by molar-refractivity contribution is -0.142.